The maximum atomic E-state index is 15.1. The van der Waals surface area contributed by atoms with E-state index in [-0.39, 0.29) is 29.5 Å². The zero-order valence-corrected chi connectivity index (χ0v) is 19.5. The Morgan fingerprint density at radius 1 is 1.39 bits per heavy atom. The Bertz CT molecular complexity index is 1160. The van der Waals surface area contributed by atoms with E-state index in [1.807, 2.05) is 4.90 Å². The van der Waals surface area contributed by atoms with Crippen LogP contribution in [0, 0.1) is 5.82 Å². The van der Waals surface area contributed by atoms with Gasteiger partial charge in [-0.15, -0.1) is 0 Å². The third kappa shape index (κ3) is 3.95. The lowest BCUT2D eigenvalue weighted by Gasteiger charge is -2.38. The zero-order valence-electron chi connectivity index (χ0n) is 18.5. The monoisotopic (exact) mass is 448 g/mol. The van der Waals surface area contributed by atoms with Crippen molar-refractivity contribution in [2.24, 2.45) is 0 Å². The lowest BCUT2D eigenvalue weighted by atomic mass is 10.1. The van der Waals surface area contributed by atoms with Gasteiger partial charge in [-0.2, -0.15) is 0 Å². The number of aliphatic hydroxyl groups is 1. The molecular weight excluding hydrogens is 419 g/mol. The summed E-state index contributed by atoms with van der Waals surface area (Å²) in [6.07, 6.45) is 2.52. The number of aliphatic hydroxyl groups excluding tert-OH is 1. The Kier molecular flexibility index (Phi) is 5.35. The Labute approximate surface area is 180 Å². The fourth-order valence-corrected chi connectivity index (χ4v) is 5.21. The highest BCUT2D eigenvalue weighted by Crippen LogP contribution is 2.39. The number of aromatic amines is 1. The molecule has 1 aliphatic rings. The number of hydrogen-bond donors (Lipinski definition) is 2. The summed E-state index contributed by atoms with van der Waals surface area (Å²) in [7, 11) is -1.91. The molecule has 1 aromatic carbocycles. The van der Waals surface area contributed by atoms with Crippen molar-refractivity contribution in [1.29, 1.82) is 0 Å². The third-order valence-electron chi connectivity index (χ3n) is 6.55. The van der Waals surface area contributed by atoms with E-state index in [1.165, 1.54) is 10.6 Å². The first-order chi connectivity index (χ1) is 14.5. The lowest BCUT2D eigenvalue weighted by Crippen LogP contribution is -2.44. The molecule has 1 unspecified atom stereocenters. The summed E-state index contributed by atoms with van der Waals surface area (Å²) in [5, 5.41) is 14.2. The Hall–Kier alpha value is -2.43. The Morgan fingerprint density at radius 2 is 2.13 bits per heavy atom. The molecule has 1 aliphatic heterocycles. The summed E-state index contributed by atoms with van der Waals surface area (Å²) < 4.78 is 27.8. The number of hydrogen-bond acceptors (Lipinski definition) is 6. The van der Waals surface area contributed by atoms with E-state index < -0.39 is 14.1 Å². The van der Waals surface area contributed by atoms with Crippen LogP contribution in [0.3, 0.4) is 0 Å². The van der Waals surface area contributed by atoms with Crippen molar-refractivity contribution in [2.45, 2.75) is 58.2 Å². The van der Waals surface area contributed by atoms with Gasteiger partial charge in [0, 0.05) is 36.3 Å². The van der Waals surface area contributed by atoms with Crippen molar-refractivity contribution in [2.75, 3.05) is 18.0 Å². The van der Waals surface area contributed by atoms with Crippen LogP contribution in [0.4, 0.5) is 10.1 Å². The average molecular weight is 449 g/mol. The molecule has 1 atom stereocenters. The first-order valence-corrected chi connectivity index (χ1v) is 13.3. The van der Waals surface area contributed by atoms with E-state index in [9.17, 15) is 9.90 Å². The Morgan fingerprint density at radius 3 is 2.74 bits per heavy atom. The summed E-state index contributed by atoms with van der Waals surface area (Å²) in [5.74, 6) is -0.804. The molecule has 31 heavy (non-hydrogen) atoms. The van der Waals surface area contributed by atoms with Crippen molar-refractivity contribution in [3.05, 3.63) is 34.7 Å². The molecular formula is C21H29FN4O4Si. The molecule has 8 nitrogen and oxygen atoms in total. The molecule has 3 aromatic rings. The summed E-state index contributed by atoms with van der Waals surface area (Å²) >= 11 is 0. The van der Waals surface area contributed by atoms with Crippen LogP contribution in [0.5, 0.6) is 0 Å². The van der Waals surface area contributed by atoms with Crippen LogP contribution in [0.25, 0.3) is 22.3 Å². The van der Waals surface area contributed by atoms with Crippen molar-refractivity contribution in [1.82, 2.24) is 14.7 Å². The number of H-pyrrole nitrogens is 1. The molecule has 168 valence electrons. The Balaban J connectivity index is 1.67. The molecule has 1 saturated heterocycles. The molecule has 0 amide bonds. The van der Waals surface area contributed by atoms with Gasteiger partial charge in [-0.1, -0.05) is 25.9 Å². The molecule has 10 heteroatoms. The van der Waals surface area contributed by atoms with Crippen LogP contribution in [0.15, 0.2) is 27.6 Å². The minimum absolute atomic E-state index is 0.0596. The second kappa shape index (κ2) is 7.61. The van der Waals surface area contributed by atoms with E-state index in [2.05, 4.69) is 48.5 Å². The molecule has 0 radical (unpaired) electrons. The molecule has 0 aliphatic carbocycles. The van der Waals surface area contributed by atoms with Crippen molar-refractivity contribution < 1.29 is 18.4 Å². The first kappa shape index (κ1) is 21.8. The predicted molar refractivity (Wildman–Crippen MR) is 119 cm³/mol. The third-order valence-corrected chi connectivity index (χ3v) is 11.1. The normalized spacial score (nSPS) is 17.8. The first-order valence-electron chi connectivity index (χ1n) is 10.4. The number of halogens is 1. The summed E-state index contributed by atoms with van der Waals surface area (Å²) in [6, 6.07) is 3.15. The number of anilines is 1. The van der Waals surface area contributed by atoms with Crippen LogP contribution in [-0.4, -0.2) is 47.3 Å². The molecule has 4 rings (SSSR count). The van der Waals surface area contributed by atoms with Crippen molar-refractivity contribution >= 4 is 24.9 Å². The summed E-state index contributed by atoms with van der Waals surface area (Å²) in [4.78, 5) is 15.9. The quantitative estimate of drug-likeness (QED) is 0.578. The maximum absolute atomic E-state index is 15.1. The fourth-order valence-electron chi connectivity index (χ4n) is 3.83. The second-order valence-electron chi connectivity index (χ2n) is 9.65. The summed E-state index contributed by atoms with van der Waals surface area (Å²) in [6.45, 7) is 12.1. The van der Waals surface area contributed by atoms with Gasteiger partial charge in [0.1, 0.15) is 12.5 Å². The average Bonchev–Trinajstić information content (AvgIpc) is 3.38. The lowest BCUT2D eigenvalue weighted by molar-refractivity contribution is 0.202. The largest absolute Gasteiger partial charge is 0.439 e. The SMILES string of the molecule is CC(C)(C)[Si](C)(C)OC1CCN(c2cc3c(-c4noc(=O)[nH]4)cn(CO)c3cc2F)C1. The number of aromatic nitrogens is 3. The number of fused-ring (bicyclic) bond motifs is 1. The fraction of sp³-hybridized carbons (Fsp3) is 0.524. The number of nitrogens with zero attached hydrogens (tertiary/aromatic N) is 3. The van der Waals surface area contributed by atoms with Crippen LogP contribution in [0.1, 0.15) is 27.2 Å². The number of benzene rings is 1. The minimum atomic E-state index is -1.91. The van der Waals surface area contributed by atoms with Gasteiger partial charge in [0.15, 0.2) is 14.1 Å². The van der Waals surface area contributed by atoms with Gasteiger partial charge in [0.05, 0.1) is 17.3 Å². The molecule has 2 aromatic heterocycles. The zero-order chi connectivity index (χ0) is 22.6. The van der Waals surface area contributed by atoms with Crippen LogP contribution in [-0.2, 0) is 11.2 Å². The van der Waals surface area contributed by atoms with E-state index >= 15 is 4.39 Å². The van der Waals surface area contributed by atoms with Gasteiger partial charge in [-0.05, 0) is 30.6 Å². The minimum Gasteiger partial charge on any atom is -0.412 e. The summed E-state index contributed by atoms with van der Waals surface area (Å²) in [5.41, 5.74) is 1.54. The van der Waals surface area contributed by atoms with Crippen LogP contribution in [0.2, 0.25) is 18.1 Å². The molecule has 2 N–H and O–H groups in total. The van der Waals surface area contributed by atoms with E-state index in [0.29, 0.717) is 35.2 Å². The number of nitrogens with one attached hydrogen (secondary N) is 1. The van der Waals surface area contributed by atoms with Gasteiger partial charge in [-0.25, -0.2) is 9.18 Å². The smallest absolute Gasteiger partial charge is 0.412 e. The highest BCUT2D eigenvalue weighted by molar-refractivity contribution is 6.74. The molecule has 1 fully saturated rings. The van der Waals surface area contributed by atoms with Crippen LogP contribution >= 0.6 is 0 Å². The van der Waals surface area contributed by atoms with E-state index in [4.69, 9.17) is 4.43 Å². The van der Waals surface area contributed by atoms with Crippen molar-refractivity contribution in [3.63, 3.8) is 0 Å². The molecule has 0 spiro atoms. The van der Waals surface area contributed by atoms with Crippen molar-refractivity contribution in [3.8, 4) is 11.4 Å². The predicted octanol–water partition coefficient (Wildman–Crippen LogP) is 3.67. The highest BCUT2D eigenvalue weighted by atomic mass is 28.4. The highest BCUT2D eigenvalue weighted by Gasteiger charge is 2.40. The van der Waals surface area contributed by atoms with Gasteiger partial charge in [0.2, 0.25) is 0 Å². The molecule has 0 bridgehead atoms. The van der Waals surface area contributed by atoms with Gasteiger partial charge < -0.3 is 19.0 Å². The van der Waals surface area contributed by atoms with Gasteiger partial charge >= 0.3 is 5.76 Å². The maximum Gasteiger partial charge on any atom is 0.439 e. The topological polar surface area (TPSA) is 96.5 Å². The van der Waals surface area contributed by atoms with Gasteiger partial charge in [0.25, 0.3) is 0 Å². The van der Waals surface area contributed by atoms with E-state index in [0.717, 1.165) is 6.42 Å². The van der Waals surface area contributed by atoms with Gasteiger partial charge in [-0.3, -0.25) is 9.51 Å². The standard InChI is InChI=1S/C21H29FN4O4Si/c1-21(2,3)31(4,5)30-13-6-7-25(10-13)18-8-14-15(19-23-20(28)29-24-19)11-26(12-27)17(14)9-16(18)22/h8-9,11,13,27H,6-7,10,12H2,1-5H3,(H,23,24,28). The van der Waals surface area contributed by atoms with E-state index in [1.54, 1.807) is 12.3 Å². The number of rotatable bonds is 5. The molecule has 0 saturated carbocycles. The molecule has 3 heterocycles. The second-order valence-corrected chi connectivity index (χ2v) is 14.4. The van der Waals surface area contributed by atoms with Crippen LogP contribution < -0.4 is 10.7 Å².